The Morgan fingerprint density at radius 3 is 2.46 bits per heavy atom. The molecule has 2 aliphatic heterocycles. The maximum absolute atomic E-state index is 11.9. The predicted molar refractivity (Wildman–Crippen MR) is 124 cm³/mol. The van der Waals surface area contributed by atoms with Crippen molar-refractivity contribution in [2.45, 2.75) is 67.9 Å². The third-order valence-electron chi connectivity index (χ3n) is 6.46. The van der Waals surface area contributed by atoms with Crippen LogP contribution in [0.25, 0.3) is 0 Å². The second-order valence-corrected chi connectivity index (χ2v) is 8.83. The first kappa shape index (κ1) is 33.9. The number of nitrogens with zero attached hydrogens (tertiary/aromatic N) is 1. The van der Waals surface area contributed by atoms with Gasteiger partial charge in [-0.2, -0.15) is 0 Å². The Morgan fingerprint density at radius 2 is 1.85 bits per heavy atom. The van der Waals surface area contributed by atoms with Gasteiger partial charge in [-0.3, -0.25) is 4.79 Å². The zero-order chi connectivity index (χ0) is 27.8. The van der Waals surface area contributed by atoms with Crippen molar-refractivity contribution in [2.24, 2.45) is 0 Å². The van der Waals surface area contributed by atoms with Crippen LogP contribution in [0.2, 0.25) is 0 Å². The van der Waals surface area contributed by atoms with Crippen LogP contribution in [-0.4, -0.2) is 127 Å². The molecule has 16 heteroatoms. The van der Waals surface area contributed by atoms with Crippen LogP contribution in [-0.2, 0) is 39.8 Å². The minimum Gasteiger partial charge on any atom is -0.547 e. The molecule has 1 aromatic heterocycles. The number of carboxylic acids is 1. The van der Waals surface area contributed by atoms with Gasteiger partial charge in [-0.25, -0.2) is 0 Å². The topological polar surface area (TPSA) is 210 Å². The Hall–Kier alpha value is -1.31. The van der Waals surface area contributed by atoms with Crippen molar-refractivity contribution < 1.29 is 83.3 Å². The number of aromatic nitrogens is 1. The largest absolute Gasteiger partial charge is 1.00 e. The molecule has 5 N–H and O–H groups in total. The Bertz CT molecular complexity index is 970. The third-order valence-corrected chi connectivity index (χ3v) is 6.46. The molecule has 2 fully saturated rings. The summed E-state index contributed by atoms with van der Waals surface area (Å²) in [7, 11) is 2.48. The van der Waals surface area contributed by atoms with E-state index in [1.807, 2.05) is 0 Å². The zero-order valence-electron chi connectivity index (χ0n) is 22.0. The molecule has 3 heterocycles. The van der Waals surface area contributed by atoms with Crippen LogP contribution in [0, 0.1) is 0 Å². The van der Waals surface area contributed by atoms with Crippen LogP contribution in [0.3, 0.4) is 0 Å². The quantitative estimate of drug-likeness (QED) is 0.0852. The van der Waals surface area contributed by atoms with Crippen LogP contribution in [0.1, 0.15) is 0 Å². The van der Waals surface area contributed by atoms with Crippen molar-refractivity contribution in [2.75, 3.05) is 33.9 Å². The van der Waals surface area contributed by atoms with Gasteiger partial charge in [0.15, 0.2) is 12.6 Å². The molecule has 0 amide bonds. The molecule has 0 spiro atoms. The third kappa shape index (κ3) is 8.36. The van der Waals surface area contributed by atoms with Crippen LogP contribution in [0.15, 0.2) is 29.2 Å². The molecule has 10 atom stereocenters. The van der Waals surface area contributed by atoms with Gasteiger partial charge in [0, 0.05) is 46.1 Å². The number of carbonyl (C=O) groups excluding carboxylic acids is 2. The molecule has 1 aromatic rings. The summed E-state index contributed by atoms with van der Waals surface area (Å²) in [5, 5.41) is 49.6. The summed E-state index contributed by atoms with van der Waals surface area (Å²) in [5.74, 6) is -1.70. The maximum Gasteiger partial charge on any atom is 1.00 e. The molecule has 0 radical (unpaired) electrons. The number of carbonyl (C=O) groups is 2. The molecule has 2 aliphatic rings. The first-order valence-electron chi connectivity index (χ1n) is 12.0. The summed E-state index contributed by atoms with van der Waals surface area (Å²) < 4.78 is 28.9. The molecule has 10 unspecified atom stereocenters. The number of carboxylic acid groups (broad SMARTS) is 1. The summed E-state index contributed by atoms with van der Waals surface area (Å²) in [6.07, 6.45) is -10.8. The zero-order valence-corrected chi connectivity index (χ0v) is 24.0. The van der Waals surface area contributed by atoms with Gasteiger partial charge in [0.1, 0.15) is 49.0 Å². The van der Waals surface area contributed by atoms with Crippen LogP contribution < -0.4 is 50.9 Å². The smallest absolute Gasteiger partial charge is 0.547 e. The number of ether oxygens (including phenoxy) is 5. The molecule has 39 heavy (non-hydrogen) atoms. The molecule has 15 nitrogen and oxygen atoms in total. The van der Waals surface area contributed by atoms with Gasteiger partial charge in [-0.05, 0) is 6.07 Å². The van der Waals surface area contributed by atoms with E-state index in [9.17, 15) is 34.8 Å². The van der Waals surface area contributed by atoms with Gasteiger partial charge in [0.05, 0.1) is 18.6 Å². The van der Waals surface area contributed by atoms with E-state index in [1.165, 1.54) is 17.7 Å². The van der Waals surface area contributed by atoms with Gasteiger partial charge in [0.25, 0.3) is 5.56 Å². The van der Waals surface area contributed by atoms with E-state index >= 15 is 0 Å². The summed E-state index contributed by atoms with van der Waals surface area (Å²) in [6.45, 7) is 0.631. The Morgan fingerprint density at radius 1 is 1.10 bits per heavy atom. The molecule has 0 aromatic carbocycles. The fourth-order valence-electron chi connectivity index (χ4n) is 4.50. The van der Waals surface area contributed by atoms with Crippen molar-refractivity contribution in [3.05, 3.63) is 34.7 Å². The fourth-order valence-corrected chi connectivity index (χ4v) is 4.50. The van der Waals surface area contributed by atoms with E-state index in [4.69, 9.17) is 23.7 Å². The number of hydrogen-bond acceptors (Lipinski definition) is 14. The predicted octanol–water partition coefficient (Wildman–Crippen LogP) is -8.07. The van der Waals surface area contributed by atoms with Crippen molar-refractivity contribution in [1.82, 2.24) is 15.2 Å². The average Bonchev–Trinajstić information content (AvgIpc) is 2.90. The number of methoxy groups -OCH3 is 2. The fraction of sp³-hybridized carbons (Fsp3) is 0.696. The minimum atomic E-state index is -1.78. The Kier molecular flexibility index (Phi) is 14.1. The molecule has 2 saturated heterocycles. The van der Waals surface area contributed by atoms with E-state index in [1.54, 1.807) is 18.3 Å². The first-order chi connectivity index (χ1) is 18.2. The molecule has 0 aliphatic carbocycles. The molecular weight excluding hydrogens is 533 g/mol. The Balaban J connectivity index is 0.00000533. The second kappa shape index (κ2) is 16.2. The summed E-state index contributed by atoms with van der Waals surface area (Å²) >= 11 is 0. The van der Waals surface area contributed by atoms with Gasteiger partial charge < -0.3 is 68.9 Å². The van der Waals surface area contributed by atoms with E-state index in [2.05, 4.69) is 10.6 Å². The van der Waals surface area contributed by atoms with Crippen molar-refractivity contribution in [3.63, 3.8) is 0 Å². The number of aliphatic hydroxyl groups excluding tert-OH is 3. The van der Waals surface area contributed by atoms with E-state index in [0.29, 0.717) is 19.4 Å². The molecule has 0 bridgehead atoms. The van der Waals surface area contributed by atoms with Crippen molar-refractivity contribution in [3.8, 4) is 0 Å². The first-order valence-corrected chi connectivity index (χ1v) is 12.0. The minimum absolute atomic E-state index is 0. The summed E-state index contributed by atoms with van der Waals surface area (Å²) in [5.41, 5.74) is -0.168. The molecular formula is C23H34N3NaO12. The number of aliphatic hydroxyl groups is 3. The van der Waals surface area contributed by atoms with Gasteiger partial charge in [-0.15, -0.1) is 0 Å². The van der Waals surface area contributed by atoms with Crippen LogP contribution in [0.5, 0.6) is 0 Å². The number of pyridine rings is 1. The Labute approximate surface area is 246 Å². The summed E-state index contributed by atoms with van der Waals surface area (Å²) in [4.78, 5) is 34.5. The van der Waals surface area contributed by atoms with E-state index < -0.39 is 67.3 Å². The number of hydrogen-bond donors (Lipinski definition) is 5. The van der Waals surface area contributed by atoms with E-state index in [0.717, 1.165) is 7.11 Å². The number of nitrogens with one attached hydrogen (secondary N) is 2. The number of aliphatic carboxylic acids is 1. The normalized spacial score (nSPS) is 34.7. The van der Waals surface area contributed by atoms with Gasteiger partial charge >= 0.3 is 29.6 Å². The van der Waals surface area contributed by atoms with Crippen molar-refractivity contribution in [1.29, 1.82) is 0 Å². The maximum atomic E-state index is 11.9. The average molecular weight is 568 g/mol. The summed E-state index contributed by atoms with van der Waals surface area (Å²) in [6, 6.07) is 3.83. The number of rotatable bonds is 13. The van der Waals surface area contributed by atoms with Crippen LogP contribution in [0.4, 0.5) is 0 Å². The SMILES string of the molecule is COC1OC(CNCCn2ccccc2=O)C(O)C(OC2OC(C(=O)[O-])C(OC)C(O)C2O)C1NCC=O.[Na+]. The standard InChI is InChI=1S/C23H35N3O12.Na/c1-34-19-16(30)17(31)23(38-20(19)21(32)33)37-18-14(25-7-10-27)22(35-2)36-12(15(18)29)11-24-6-9-26-8-4-3-5-13(26)28;/h3-5,8,10,12,14-20,22-25,29-31H,6-7,9,11H2,1-2H3,(H,32,33);/q;+1/p-1. The van der Waals surface area contributed by atoms with Crippen molar-refractivity contribution >= 4 is 12.3 Å². The van der Waals surface area contributed by atoms with Gasteiger partial charge in [-0.1, -0.05) is 6.07 Å². The monoisotopic (exact) mass is 567 g/mol. The van der Waals surface area contributed by atoms with Crippen LogP contribution >= 0.6 is 0 Å². The van der Waals surface area contributed by atoms with E-state index in [-0.39, 0.29) is 48.2 Å². The number of aldehydes is 1. The van der Waals surface area contributed by atoms with Gasteiger partial charge in [0.2, 0.25) is 0 Å². The molecule has 214 valence electrons. The molecule has 3 rings (SSSR count). The molecule has 0 saturated carbocycles. The second-order valence-electron chi connectivity index (χ2n) is 8.83.